The van der Waals surface area contributed by atoms with Crippen LogP contribution in [-0.4, -0.2) is 37.5 Å². The van der Waals surface area contributed by atoms with Crippen LogP contribution in [0, 0.1) is 5.92 Å². The molecule has 8 nitrogen and oxygen atoms in total. The molecule has 0 aromatic heterocycles. The summed E-state index contributed by atoms with van der Waals surface area (Å²) in [4.78, 5) is 38.2. The topological polar surface area (TPSA) is 106 Å². The smallest absolute Gasteiger partial charge is 0.255 e. The van der Waals surface area contributed by atoms with Crippen molar-refractivity contribution in [2.45, 2.75) is 26.8 Å². The number of nitrogens with one attached hydrogen (secondary N) is 3. The van der Waals surface area contributed by atoms with Crippen molar-refractivity contribution >= 4 is 29.1 Å². The van der Waals surface area contributed by atoms with Gasteiger partial charge in [0.1, 0.15) is 17.5 Å². The number of rotatable bonds is 10. The molecule has 0 saturated heterocycles. The molecular weight excluding hydrogens is 458 g/mol. The molecule has 1 atom stereocenters. The molecule has 0 unspecified atom stereocenters. The maximum atomic E-state index is 12.9. The van der Waals surface area contributed by atoms with Gasteiger partial charge in [-0.25, -0.2) is 0 Å². The summed E-state index contributed by atoms with van der Waals surface area (Å²) in [6.07, 6.45) is 0. The first-order chi connectivity index (χ1) is 17.3. The zero-order valence-electron chi connectivity index (χ0n) is 20.8. The van der Waals surface area contributed by atoms with Gasteiger partial charge in [-0.2, -0.15) is 0 Å². The van der Waals surface area contributed by atoms with Crippen LogP contribution in [0.1, 0.15) is 41.5 Å². The number of anilines is 2. The Balaban J connectivity index is 1.60. The second-order valence-electron chi connectivity index (χ2n) is 8.40. The molecule has 0 fully saturated rings. The minimum Gasteiger partial charge on any atom is -0.497 e. The highest BCUT2D eigenvalue weighted by Gasteiger charge is 2.25. The fraction of sp³-hybridized carbons (Fsp3) is 0.250. The van der Waals surface area contributed by atoms with E-state index in [1.54, 1.807) is 79.9 Å². The lowest BCUT2D eigenvalue weighted by Crippen LogP contribution is -2.47. The maximum Gasteiger partial charge on any atom is 0.255 e. The van der Waals surface area contributed by atoms with Gasteiger partial charge >= 0.3 is 0 Å². The number of benzene rings is 3. The van der Waals surface area contributed by atoms with Gasteiger partial charge in [-0.15, -0.1) is 0 Å². The van der Waals surface area contributed by atoms with Gasteiger partial charge in [0.15, 0.2) is 0 Å². The number of methoxy groups -OCH3 is 1. The van der Waals surface area contributed by atoms with Crippen molar-refractivity contribution in [3.8, 4) is 11.5 Å². The Morgan fingerprint density at radius 3 is 1.78 bits per heavy atom. The molecular formula is C28H31N3O5. The van der Waals surface area contributed by atoms with Crippen molar-refractivity contribution in [3.05, 3.63) is 83.9 Å². The molecule has 3 N–H and O–H groups in total. The fourth-order valence-corrected chi connectivity index (χ4v) is 3.43. The quantitative estimate of drug-likeness (QED) is 0.382. The van der Waals surface area contributed by atoms with Gasteiger partial charge in [-0.1, -0.05) is 13.8 Å². The first-order valence-corrected chi connectivity index (χ1v) is 11.7. The summed E-state index contributed by atoms with van der Waals surface area (Å²) in [5, 5.41) is 8.43. The minimum atomic E-state index is -0.748. The predicted octanol–water partition coefficient (Wildman–Crippen LogP) is 4.74. The molecule has 0 radical (unpaired) electrons. The zero-order chi connectivity index (χ0) is 26.1. The van der Waals surface area contributed by atoms with Crippen LogP contribution in [0.2, 0.25) is 0 Å². The second-order valence-corrected chi connectivity index (χ2v) is 8.40. The summed E-state index contributed by atoms with van der Waals surface area (Å²) in [6, 6.07) is 19.6. The third kappa shape index (κ3) is 7.09. The summed E-state index contributed by atoms with van der Waals surface area (Å²) < 4.78 is 10.5. The molecule has 0 heterocycles. The van der Waals surface area contributed by atoms with Gasteiger partial charge in [0, 0.05) is 22.5 Å². The average molecular weight is 490 g/mol. The Bertz CT molecular complexity index is 1170. The van der Waals surface area contributed by atoms with Crippen molar-refractivity contribution in [3.63, 3.8) is 0 Å². The summed E-state index contributed by atoms with van der Waals surface area (Å²) in [5.74, 6) is 0.251. The third-order valence-electron chi connectivity index (χ3n) is 5.43. The molecule has 3 aromatic rings. The average Bonchev–Trinajstić information content (AvgIpc) is 2.88. The number of carbonyl (C=O) groups is 3. The van der Waals surface area contributed by atoms with Crippen LogP contribution in [0.5, 0.6) is 11.5 Å². The number of carbonyl (C=O) groups excluding carboxylic acids is 3. The molecule has 3 amide bonds. The van der Waals surface area contributed by atoms with Gasteiger partial charge in [-0.3, -0.25) is 14.4 Å². The Morgan fingerprint density at radius 1 is 0.722 bits per heavy atom. The van der Waals surface area contributed by atoms with E-state index in [0.29, 0.717) is 40.6 Å². The Labute approximate surface area is 211 Å². The van der Waals surface area contributed by atoms with Crippen LogP contribution in [0.15, 0.2) is 72.8 Å². The zero-order valence-corrected chi connectivity index (χ0v) is 20.8. The van der Waals surface area contributed by atoms with E-state index in [-0.39, 0.29) is 23.6 Å². The second kappa shape index (κ2) is 12.4. The molecule has 3 rings (SSSR count). The van der Waals surface area contributed by atoms with Crippen molar-refractivity contribution in [2.24, 2.45) is 5.92 Å². The lowest BCUT2D eigenvalue weighted by molar-refractivity contribution is -0.118. The summed E-state index contributed by atoms with van der Waals surface area (Å²) in [5.41, 5.74) is 2.03. The molecule has 3 aromatic carbocycles. The van der Waals surface area contributed by atoms with Crippen LogP contribution in [-0.2, 0) is 4.79 Å². The molecule has 0 aliphatic rings. The fourth-order valence-electron chi connectivity index (χ4n) is 3.43. The van der Waals surface area contributed by atoms with Crippen molar-refractivity contribution < 1.29 is 23.9 Å². The van der Waals surface area contributed by atoms with E-state index in [2.05, 4.69) is 16.0 Å². The van der Waals surface area contributed by atoms with Crippen LogP contribution in [0.25, 0.3) is 0 Å². The maximum absolute atomic E-state index is 12.9. The molecule has 0 aliphatic heterocycles. The van der Waals surface area contributed by atoms with E-state index in [1.165, 1.54) is 0 Å². The highest BCUT2D eigenvalue weighted by molar-refractivity contribution is 6.05. The van der Waals surface area contributed by atoms with Gasteiger partial charge < -0.3 is 25.4 Å². The van der Waals surface area contributed by atoms with Crippen molar-refractivity contribution in [2.75, 3.05) is 24.4 Å². The lowest BCUT2D eigenvalue weighted by atomic mass is 10.0. The molecule has 8 heteroatoms. The van der Waals surface area contributed by atoms with E-state index in [9.17, 15) is 14.4 Å². The van der Waals surface area contributed by atoms with Crippen LogP contribution in [0.3, 0.4) is 0 Å². The summed E-state index contributed by atoms with van der Waals surface area (Å²) in [7, 11) is 1.58. The first-order valence-electron chi connectivity index (χ1n) is 11.7. The highest BCUT2D eigenvalue weighted by atomic mass is 16.5. The van der Waals surface area contributed by atoms with E-state index in [4.69, 9.17) is 9.47 Å². The molecule has 188 valence electrons. The lowest BCUT2D eigenvalue weighted by Gasteiger charge is -2.22. The van der Waals surface area contributed by atoms with Crippen LogP contribution >= 0.6 is 0 Å². The van der Waals surface area contributed by atoms with Crippen LogP contribution < -0.4 is 25.4 Å². The number of ether oxygens (including phenoxy) is 2. The van der Waals surface area contributed by atoms with E-state index in [1.807, 2.05) is 20.8 Å². The largest absolute Gasteiger partial charge is 0.497 e. The number of hydrogen-bond donors (Lipinski definition) is 3. The van der Waals surface area contributed by atoms with Gasteiger partial charge in [-0.05, 0) is 85.6 Å². The van der Waals surface area contributed by atoms with Gasteiger partial charge in [0.05, 0.1) is 13.7 Å². The molecule has 0 aliphatic carbocycles. The normalized spacial score (nSPS) is 11.4. The van der Waals surface area contributed by atoms with Gasteiger partial charge in [0.25, 0.3) is 11.8 Å². The van der Waals surface area contributed by atoms with Crippen molar-refractivity contribution in [1.82, 2.24) is 5.32 Å². The Hall–Kier alpha value is -4.33. The molecule has 0 spiro atoms. The number of amides is 3. The number of hydrogen-bond acceptors (Lipinski definition) is 5. The predicted molar refractivity (Wildman–Crippen MR) is 140 cm³/mol. The first kappa shape index (κ1) is 26.3. The molecule has 0 bridgehead atoms. The standard InChI is InChI=1S/C28H31N3O5/c1-5-36-24-14-8-20(9-15-24)27(33)31-25(18(2)3)28(34)30-21-10-6-19(7-11-21)26(32)29-22-12-16-23(35-4)17-13-22/h6-18,25H,5H2,1-4H3,(H,29,32)(H,30,34)(H,31,33)/t25-/m1/s1. The minimum absolute atomic E-state index is 0.147. The SMILES string of the molecule is CCOc1ccc(C(=O)N[C@@H](C(=O)Nc2ccc(C(=O)Nc3ccc(OC)cc3)cc2)C(C)C)cc1. The monoisotopic (exact) mass is 489 g/mol. The van der Waals surface area contributed by atoms with E-state index in [0.717, 1.165) is 0 Å². The van der Waals surface area contributed by atoms with Crippen LogP contribution in [0.4, 0.5) is 11.4 Å². The third-order valence-corrected chi connectivity index (χ3v) is 5.43. The Kier molecular flexibility index (Phi) is 9.05. The Morgan fingerprint density at radius 2 is 1.22 bits per heavy atom. The van der Waals surface area contributed by atoms with Gasteiger partial charge in [0.2, 0.25) is 5.91 Å². The van der Waals surface area contributed by atoms with E-state index < -0.39 is 6.04 Å². The van der Waals surface area contributed by atoms with Crippen molar-refractivity contribution in [1.29, 1.82) is 0 Å². The molecule has 36 heavy (non-hydrogen) atoms. The molecule has 0 saturated carbocycles. The van der Waals surface area contributed by atoms with E-state index >= 15 is 0 Å². The summed E-state index contributed by atoms with van der Waals surface area (Å²) >= 11 is 0. The summed E-state index contributed by atoms with van der Waals surface area (Å²) in [6.45, 7) is 6.14. The highest BCUT2D eigenvalue weighted by Crippen LogP contribution is 2.18.